The molecule has 5 nitrogen and oxygen atoms in total. The van der Waals surface area contributed by atoms with E-state index in [4.69, 9.17) is 19.8 Å². The van der Waals surface area contributed by atoms with Gasteiger partial charge in [-0.1, -0.05) is 64.7 Å². The van der Waals surface area contributed by atoms with Gasteiger partial charge in [-0.3, -0.25) is 0 Å². The van der Waals surface area contributed by atoms with Crippen LogP contribution in [0.3, 0.4) is 0 Å². The first kappa shape index (κ1) is 35.1. The van der Waals surface area contributed by atoms with Gasteiger partial charge in [0, 0.05) is 12.9 Å². The Balaban J connectivity index is -0.000000117. The molecule has 0 bridgehead atoms. The van der Waals surface area contributed by atoms with Gasteiger partial charge in [0.1, 0.15) is 0 Å². The van der Waals surface area contributed by atoms with Crippen LogP contribution < -0.4 is 69.3 Å². The van der Waals surface area contributed by atoms with Crippen molar-refractivity contribution in [2.45, 2.75) is 71.1 Å². The van der Waals surface area contributed by atoms with Crippen molar-refractivity contribution >= 4 is 12.9 Å². The summed E-state index contributed by atoms with van der Waals surface area (Å²) in [6, 6.07) is 0. The number of carbonyl (C=O) groups excluding carboxylic acids is 2. The molecule has 0 heterocycles. The summed E-state index contributed by atoms with van der Waals surface area (Å²) in [5, 5.41) is 16.5. The minimum Gasteiger partial charge on any atom is -0.554 e. The molecule has 0 aliphatic carbocycles. The molecule has 0 aromatic heterocycles. The third-order valence-electron chi connectivity index (χ3n) is 2.96. The van der Waals surface area contributed by atoms with E-state index < -0.39 is 12.9 Å². The molecule has 0 aliphatic heterocycles. The van der Waals surface area contributed by atoms with Crippen molar-refractivity contribution in [3.63, 3.8) is 0 Å². The molecule has 0 atom stereocenters. The van der Waals surface area contributed by atoms with Crippen LogP contribution in [0, 0.1) is 0 Å². The van der Waals surface area contributed by atoms with E-state index in [1.54, 1.807) is 0 Å². The third-order valence-corrected chi connectivity index (χ3v) is 2.96. The Bertz CT molecular complexity index is 191. The Labute approximate surface area is 187 Å². The second-order valence-corrected chi connectivity index (χ2v) is 5.18. The van der Waals surface area contributed by atoms with E-state index in [0.29, 0.717) is 0 Å². The first-order valence-corrected chi connectivity index (χ1v) is 7.86. The van der Waals surface area contributed by atoms with E-state index in [0.717, 1.165) is 0 Å². The number of hydrogen-bond donors (Lipinski definition) is 0. The molecule has 0 aromatic carbocycles. The van der Waals surface area contributed by atoms with Crippen molar-refractivity contribution in [2.24, 2.45) is 0 Å². The number of nitrogens with zero attached hydrogens (tertiary/aromatic N) is 1. The Morgan fingerprint density at radius 1 is 0.696 bits per heavy atom. The summed E-state index contributed by atoms with van der Waals surface area (Å²) in [5.41, 5.74) is 0. The first-order chi connectivity index (χ1) is 10.1. The minimum atomic E-state index is -0.500. The van der Waals surface area contributed by atoms with E-state index in [1.807, 2.05) is 0 Å². The van der Waals surface area contributed by atoms with E-state index in [-0.39, 0.29) is 59.1 Å². The molecule has 0 N–H and O–H groups in total. The van der Waals surface area contributed by atoms with Crippen molar-refractivity contribution in [3.8, 4) is 0 Å². The normalized spacial score (nSPS) is 8.35. The zero-order chi connectivity index (χ0) is 16.8. The summed E-state index contributed by atoms with van der Waals surface area (Å²) in [6.07, 6.45) is 14.4. The standard InChI is InChI=1S/C14H31N.2CH2O2.2Na/c1-4-5-6-7-8-9-10-11-12-13-14-15(2)3;2*2-1-3;;/h4-14H2,1-3H3;2*1H,(H,2,3);;/q;;;2*+1/p-2. The Morgan fingerprint density at radius 3 is 1.22 bits per heavy atom. The van der Waals surface area contributed by atoms with Gasteiger partial charge < -0.3 is 24.7 Å². The molecule has 23 heavy (non-hydrogen) atoms. The van der Waals surface area contributed by atoms with Gasteiger partial charge >= 0.3 is 59.1 Å². The number of unbranched alkanes of at least 4 members (excludes halogenated alkanes) is 9. The number of rotatable bonds is 11. The fraction of sp³-hybridized carbons (Fsp3) is 0.875. The van der Waals surface area contributed by atoms with Gasteiger partial charge in [0.25, 0.3) is 0 Å². The largest absolute Gasteiger partial charge is 1.00 e. The van der Waals surface area contributed by atoms with Gasteiger partial charge in [-0.05, 0) is 27.1 Å². The molecule has 128 valence electrons. The zero-order valence-electron chi connectivity index (χ0n) is 16.0. The maximum absolute atomic E-state index is 8.25. The Morgan fingerprint density at radius 2 is 0.957 bits per heavy atom. The van der Waals surface area contributed by atoms with Gasteiger partial charge in [-0.2, -0.15) is 0 Å². The molecule has 0 aliphatic rings. The molecule has 0 unspecified atom stereocenters. The molecule has 7 heteroatoms. The molecule has 0 spiro atoms. The van der Waals surface area contributed by atoms with Crippen LogP contribution in [0.4, 0.5) is 0 Å². The summed E-state index contributed by atoms with van der Waals surface area (Å²) >= 11 is 0. The van der Waals surface area contributed by atoms with Crippen LogP contribution in [0.2, 0.25) is 0 Å². The Kier molecular flexibility index (Phi) is 58.7. The van der Waals surface area contributed by atoms with Crippen molar-refractivity contribution in [1.29, 1.82) is 0 Å². The topological polar surface area (TPSA) is 83.5 Å². The molecular weight excluding hydrogens is 316 g/mol. The van der Waals surface area contributed by atoms with Crippen LogP contribution in [0.25, 0.3) is 0 Å². The maximum Gasteiger partial charge on any atom is 1.00 e. The van der Waals surface area contributed by atoms with Gasteiger partial charge in [-0.25, -0.2) is 0 Å². The quantitative estimate of drug-likeness (QED) is 0.212. The van der Waals surface area contributed by atoms with Crippen LogP contribution in [0.1, 0.15) is 71.1 Å². The van der Waals surface area contributed by atoms with E-state index in [9.17, 15) is 0 Å². The van der Waals surface area contributed by atoms with E-state index in [1.165, 1.54) is 70.8 Å². The van der Waals surface area contributed by atoms with Crippen molar-refractivity contribution in [1.82, 2.24) is 4.90 Å². The predicted molar refractivity (Wildman–Crippen MR) is 82.5 cm³/mol. The second-order valence-electron chi connectivity index (χ2n) is 5.18. The van der Waals surface area contributed by atoms with E-state index in [2.05, 4.69) is 25.9 Å². The van der Waals surface area contributed by atoms with Crippen LogP contribution in [-0.4, -0.2) is 38.5 Å². The van der Waals surface area contributed by atoms with Gasteiger partial charge in [0.05, 0.1) is 0 Å². The average Bonchev–Trinajstić information content (AvgIpc) is 2.42. The minimum absolute atomic E-state index is 0. The SMILES string of the molecule is CCCCCCCCCCCCN(C)C.O=C[O-].O=C[O-].[Na+].[Na+]. The molecule has 0 saturated carbocycles. The second kappa shape index (κ2) is 38.5. The predicted octanol–water partition coefficient (Wildman–Crippen LogP) is -4.79. The van der Waals surface area contributed by atoms with Crippen molar-refractivity contribution in [3.05, 3.63) is 0 Å². The first-order valence-electron chi connectivity index (χ1n) is 7.86. The molecular formula is C16H33NNa2O4. The molecule has 0 aromatic rings. The number of hydrogen-bond acceptors (Lipinski definition) is 5. The van der Waals surface area contributed by atoms with Crippen molar-refractivity contribution in [2.75, 3.05) is 20.6 Å². The number of carboxylic acid groups (broad SMARTS) is 2. The van der Waals surface area contributed by atoms with Crippen LogP contribution in [-0.2, 0) is 9.59 Å². The maximum atomic E-state index is 8.25. The number of carbonyl (C=O) groups is 2. The molecule has 0 fully saturated rings. The summed E-state index contributed by atoms with van der Waals surface area (Å²) < 4.78 is 0. The smallest absolute Gasteiger partial charge is 0.554 e. The summed E-state index contributed by atoms with van der Waals surface area (Å²) in [5.74, 6) is 0. The Hall–Kier alpha value is 0.900. The monoisotopic (exact) mass is 349 g/mol. The summed E-state index contributed by atoms with van der Waals surface area (Å²) in [7, 11) is 4.32. The molecule has 0 rings (SSSR count). The fourth-order valence-corrected chi connectivity index (χ4v) is 1.92. The molecule has 0 amide bonds. The molecule has 0 radical (unpaired) electrons. The van der Waals surface area contributed by atoms with Crippen LogP contribution in [0.5, 0.6) is 0 Å². The zero-order valence-corrected chi connectivity index (χ0v) is 20.0. The van der Waals surface area contributed by atoms with Crippen molar-refractivity contribution < 1.29 is 78.9 Å². The van der Waals surface area contributed by atoms with Gasteiger partial charge in [0.2, 0.25) is 0 Å². The van der Waals surface area contributed by atoms with E-state index >= 15 is 0 Å². The fourth-order valence-electron chi connectivity index (χ4n) is 1.92. The van der Waals surface area contributed by atoms with Gasteiger partial charge in [0.15, 0.2) is 0 Å². The van der Waals surface area contributed by atoms with Crippen LogP contribution in [0.15, 0.2) is 0 Å². The third kappa shape index (κ3) is 60.1. The molecule has 0 saturated heterocycles. The average molecular weight is 349 g/mol. The summed E-state index contributed by atoms with van der Waals surface area (Å²) in [6.45, 7) is 2.54. The summed E-state index contributed by atoms with van der Waals surface area (Å²) in [4.78, 5) is 18.8. The van der Waals surface area contributed by atoms with Gasteiger partial charge in [-0.15, -0.1) is 0 Å². The van der Waals surface area contributed by atoms with Crippen LogP contribution >= 0.6 is 0 Å².